The number of halogens is 1. The van der Waals surface area contributed by atoms with Crippen LogP contribution < -0.4 is 9.88 Å². The summed E-state index contributed by atoms with van der Waals surface area (Å²) in [7, 11) is -3.89. The molecule has 0 unspecified atom stereocenters. The van der Waals surface area contributed by atoms with E-state index in [1.807, 2.05) is 13.8 Å². The Labute approximate surface area is 126 Å². The van der Waals surface area contributed by atoms with Crippen LogP contribution in [-0.4, -0.2) is 13.4 Å². The van der Waals surface area contributed by atoms with E-state index in [0.29, 0.717) is 0 Å². The van der Waals surface area contributed by atoms with Gasteiger partial charge in [0.15, 0.2) is 0 Å². The first-order chi connectivity index (χ1) is 9.27. The zero-order valence-corrected chi connectivity index (χ0v) is 13.3. The molecule has 0 saturated carbocycles. The summed E-state index contributed by atoms with van der Waals surface area (Å²) in [6.45, 7) is 4.06. The monoisotopic (exact) mass is 332 g/mol. The third-order valence-corrected chi connectivity index (χ3v) is 4.85. The molecule has 0 bridgehead atoms. The maximum atomic E-state index is 11.5. The Kier molecular flexibility index (Phi) is 4.33. The third-order valence-electron chi connectivity index (χ3n) is 2.64. The fourth-order valence-electron chi connectivity index (χ4n) is 1.56. The summed E-state index contributed by atoms with van der Waals surface area (Å²) in [6.07, 6.45) is 0. The Morgan fingerprint density at radius 1 is 1.40 bits per heavy atom. The van der Waals surface area contributed by atoms with Gasteiger partial charge in [0.05, 0.1) is 5.69 Å². The van der Waals surface area contributed by atoms with Gasteiger partial charge in [-0.25, -0.2) is 18.5 Å². The van der Waals surface area contributed by atoms with Gasteiger partial charge in [0.1, 0.15) is 22.3 Å². The van der Waals surface area contributed by atoms with Crippen molar-refractivity contribution in [2.45, 2.75) is 25.3 Å². The SMILES string of the molecule is Cc1nc(COc2ccc(Cl)cc2S(N)(=O)=O)sc1C. The number of hydrogen-bond donors (Lipinski definition) is 1. The summed E-state index contributed by atoms with van der Waals surface area (Å²) < 4.78 is 28.5. The number of primary sulfonamides is 1. The lowest BCUT2D eigenvalue weighted by Crippen LogP contribution is -2.14. The van der Waals surface area contributed by atoms with Crippen molar-refractivity contribution in [1.29, 1.82) is 0 Å². The normalized spacial score (nSPS) is 11.6. The van der Waals surface area contributed by atoms with Gasteiger partial charge in [-0.2, -0.15) is 0 Å². The lowest BCUT2D eigenvalue weighted by molar-refractivity contribution is 0.297. The van der Waals surface area contributed by atoms with Crippen LogP contribution >= 0.6 is 22.9 Å². The second kappa shape index (κ2) is 5.69. The van der Waals surface area contributed by atoms with Crippen LogP contribution in [0, 0.1) is 13.8 Å². The molecule has 108 valence electrons. The number of aromatic nitrogens is 1. The van der Waals surface area contributed by atoms with Gasteiger partial charge in [0.25, 0.3) is 0 Å². The first-order valence-electron chi connectivity index (χ1n) is 5.65. The highest BCUT2D eigenvalue weighted by molar-refractivity contribution is 7.89. The number of sulfonamides is 1. The van der Waals surface area contributed by atoms with E-state index in [2.05, 4.69) is 4.98 Å². The lowest BCUT2D eigenvalue weighted by atomic mass is 10.3. The summed E-state index contributed by atoms with van der Waals surface area (Å²) in [5.41, 5.74) is 0.941. The van der Waals surface area contributed by atoms with Gasteiger partial charge in [0.2, 0.25) is 10.0 Å². The quantitative estimate of drug-likeness (QED) is 0.933. The molecule has 0 aliphatic heterocycles. The summed E-state index contributed by atoms with van der Waals surface area (Å²) in [6, 6.07) is 4.30. The number of benzene rings is 1. The number of thiazole rings is 1. The van der Waals surface area contributed by atoms with Crippen LogP contribution in [0.4, 0.5) is 0 Å². The van der Waals surface area contributed by atoms with Crippen LogP contribution in [-0.2, 0) is 16.6 Å². The van der Waals surface area contributed by atoms with Gasteiger partial charge in [0, 0.05) is 9.90 Å². The predicted octanol–water partition coefficient (Wildman–Crippen LogP) is 2.64. The summed E-state index contributed by atoms with van der Waals surface area (Å²) in [5.74, 6) is 0.169. The maximum Gasteiger partial charge on any atom is 0.241 e. The number of aryl methyl sites for hydroxylation is 2. The molecular weight excluding hydrogens is 320 g/mol. The van der Waals surface area contributed by atoms with E-state index in [1.54, 1.807) is 6.07 Å². The Bertz CT molecular complexity index is 722. The molecule has 2 N–H and O–H groups in total. The molecule has 1 heterocycles. The van der Waals surface area contributed by atoms with E-state index >= 15 is 0 Å². The van der Waals surface area contributed by atoms with Crippen LogP contribution in [0.2, 0.25) is 5.02 Å². The van der Waals surface area contributed by atoms with Crippen molar-refractivity contribution in [3.8, 4) is 5.75 Å². The Balaban J connectivity index is 2.26. The molecule has 2 aromatic rings. The molecule has 20 heavy (non-hydrogen) atoms. The smallest absolute Gasteiger partial charge is 0.241 e. The fourth-order valence-corrected chi connectivity index (χ4v) is 3.35. The van der Waals surface area contributed by atoms with Gasteiger partial charge in [-0.3, -0.25) is 0 Å². The van der Waals surface area contributed by atoms with E-state index in [0.717, 1.165) is 15.6 Å². The first kappa shape index (κ1) is 15.2. The maximum absolute atomic E-state index is 11.5. The van der Waals surface area contributed by atoms with Crippen molar-refractivity contribution in [2.75, 3.05) is 0 Å². The minimum atomic E-state index is -3.89. The molecular formula is C12H13ClN2O3S2. The highest BCUT2D eigenvalue weighted by atomic mass is 35.5. The number of hydrogen-bond acceptors (Lipinski definition) is 5. The Hall–Kier alpha value is -1.15. The van der Waals surface area contributed by atoms with Crippen molar-refractivity contribution in [2.24, 2.45) is 5.14 Å². The molecule has 0 radical (unpaired) electrons. The minimum Gasteiger partial charge on any atom is -0.485 e. The molecule has 1 aromatic heterocycles. The number of nitrogens with two attached hydrogens (primary N) is 1. The van der Waals surface area contributed by atoms with Gasteiger partial charge >= 0.3 is 0 Å². The van der Waals surface area contributed by atoms with Crippen molar-refractivity contribution >= 4 is 33.0 Å². The van der Waals surface area contributed by atoms with Crippen molar-refractivity contribution < 1.29 is 13.2 Å². The molecule has 0 amide bonds. The molecule has 2 rings (SSSR count). The second-order valence-electron chi connectivity index (χ2n) is 4.17. The summed E-state index contributed by atoms with van der Waals surface area (Å²) in [5, 5.41) is 6.20. The second-order valence-corrected chi connectivity index (χ2v) is 7.43. The van der Waals surface area contributed by atoms with Crippen molar-refractivity contribution in [3.63, 3.8) is 0 Å². The zero-order valence-electron chi connectivity index (χ0n) is 10.9. The Morgan fingerprint density at radius 3 is 2.65 bits per heavy atom. The molecule has 8 heteroatoms. The zero-order chi connectivity index (χ0) is 14.9. The number of ether oxygens (including phenoxy) is 1. The third kappa shape index (κ3) is 3.49. The van der Waals surface area contributed by atoms with Crippen LogP contribution in [0.1, 0.15) is 15.6 Å². The van der Waals surface area contributed by atoms with Gasteiger partial charge in [-0.05, 0) is 32.0 Å². The molecule has 5 nitrogen and oxygen atoms in total. The molecule has 1 aromatic carbocycles. The minimum absolute atomic E-state index is 0.130. The first-order valence-corrected chi connectivity index (χ1v) is 8.39. The highest BCUT2D eigenvalue weighted by Crippen LogP contribution is 2.27. The average Bonchev–Trinajstić information content (AvgIpc) is 2.66. The van der Waals surface area contributed by atoms with Crippen LogP contribution in [0.25, 0.3) is 0 Å². The van der Waals surface area contributed by atoms with Gasteiger partial charge in [-0.1, -0.05) is 11.6 Å². The molecule has 0 aliphatic carbocycles. The molecule has 0 fully saturated rings. The topological polar surface area (TPSA) is 82.3 Å². The standard InChI is InChI=1S/C12H13ClN2O3S2/c1-7-8(2)19-12(15-7)6-18-10-4-3-9(13)5-11(10)20(14,16)17/h3-5H,6H2,1-2H3,(H2,14,16,17). The highest BCUT2D eigenvalue weighted by Gasteiger charge is 2.16. The van der Waals surface area contributed by atoms with Crippen LogP contribution in [0.15, 0.2) is 23.1 Å². The van der Waals surface area contributed by atoms with Crippen LogP contribution in [0.5, 0.6) is 5.75 Å². The van der Waals surface area contributed by atoms with E-state index in [9.17, 15) is 8.42 Å². The number of nitrogens with zero attached hydrogens (tertiary/aromatic N) is 1. The van der Waals surface area contributed by atoms with E-state index < -0.39 is 10.0 Å². The average molecular weight is 333 g/mol. The van der Waals surface area contributed by atoms with E-state index in [-0.39, 0.29) is 22.3 Å². The molecule has 0 spiro atoms. The van der Waals surface area contributed by atoms with Gasteiger partial charge in [-0.15, -0.1) is 11.3 Å². The predicted molar refractivity (Wildman–Crippen MR) is 78.7 cm³/mol. The van der Waals surface area contributed by atoms with E-state index in [4.69, 9.17) is 21.5 Å². The molecule has 0 atom stereocenters. The van der Waals surface area contributed by atoms with E-state index in [1.165, 1.54) is 23.5 Å². The summed E-state index contributed by atoms with van der Waals surface area (Å²) >= 11 is 7.29. The van der Waals surface area contributed by atoms with Gasteiger partial charge < -0.3 is 4.74 Å². The fraction of sp³-hybridized carbons (Fsp3) is 0.250. The molecule has 0 saturated heterocycles. The van der Waals surface area contributed by atoms with Crippen LogP contribution in [0.3, 0.4) is 0 Å². The number of rotatable bonds is 4. The summed E-state index contributed by atoms with van der Waals surface area (Å²) in [4.78, 5) is 5.29. The van der Waals surface area contributed by atoms with Crippen molar-refractivity contribution in [1.82, 2.24) is 4.98 Å². The molecule has 0 aliphatic rings. The lowest BCUT2D eigenvalue weighted by Gasteiger charge is -2.09. The largest absolute Gasteiger partial charge is 0.485 e. The Morgan fingerprint density at radius 2 is 2.10 bits per heavy atom. The van der Waals surface area contributed by atoms with Crippen molar-refractivity contribution in [3.05, 3.63) is 38.8 Å².